The highest BCUT2D eigenvalue weighted by Gasteiger charge is 2.18. The molecular weight excluding hydrogens is 418 g/mol. The van der Waals surface area contributed by atoms with Gasteiger partial charge in [0.25, 0.3) is 5.56 Å². The quantitative estimate of drug-likeness (QED) is 0.445. The van der Waals surface area contributed by atoms with Crippen molar-refractivity contribution >= 4 is 32.6 Å². The summed E-state index contributed by atoms with van der Waals surface area (Å²) in [5, 5.41) is 0.486. The van der Waals surface area contributed by atoms with E-state index in [9.17, 15) is 9.59 Å². The van der Waals surface area contributed by atoms with Gasteiger partial charge in [-0.25, -0.2) is 4.98 Å². The lowest BCUT2D eigenvalue weighted by Gasteiger charge is -2.10. The maximum absolute atomic E-state index is 13.0. The van der Waals surface area contributed by atoms with E-state index in [-0.39, 0.29) is 17.9 Å². The molecule has 6 heteroatoms. The Morgan fingerprint density at radius 3 is 2.57 bits per heavy atom. The third kappa shape index (κ3) is 3.20. The van der Waals surface area contributed by atoms with E-state index in [1.54, 1.807) is 12.1 Å². The Bertz CT molecular complexity index is 1260. The summed E-state index contributed by atoms with van der Waals surface area (Å²) in [5.41, 5.74) is 3.84. The van der Waals surface area contributed by atoms with E-state index >= 15 is 0 Å². The van der Waals surface area contributed by atoms with Crippen molar-refractivity contribution in [1.29, 1.82) is 0 Å². The number of fused-ring (bicyclic) bond motifs is 1. The van der Waals surface area contributed by atoms with Crippen LogP contribution in [0.5, 0.6) is 0 Å². The molecule has 0 aliphatic carbocycles. The number of hydrogen-bond acceptors (Lipinski definition) is 3. The lowest BCUT2D eigenvalue weighted by molar-refractivity contribution is 0.0970. The van der Waals surface area contributed by atoms with Gasteiger partial charge in [0.1, 0.15) is 0 Å². The minimum atomic E-state index is -0.225. The summed E-state index contributed by atoms with van der Waals surface area (Å²) in [5.74, 6) is -0.117. The Morgan fingerprint density at radius 1 is 1.07 bits per heavy atom. The van der Waals surface area contributed by atoms with Gasteiger partial charge in [0.15, 0.2) is 5.78 Å². The van der Waals surface area contributed by atoms with Crippen LogP contribution in [0.15, 0.2) is 70.2 Å². The van der Waals surface area contributed by atoms with Gasteiger partial charge in [-0.3, -0.25) is 14.2 Å². The molecule has 0 saturated carbocycles. The van der Waals surface area contributed by atoms with Crippen molar-refractivity contribution in [3.05, 3.63) is 92.7 Å². The van der Waals surface area contributed by atoms with E-state index in [0.29, 0.717) is 16.5 Å². The van der Waals surface area contributed by atoms with Gasteiger partial charge < -0.3 is 4.57 Å². The normalized spacial score (nSPS) is 11.1. The first-order valence-electron chi connectivity index (χ1n) is 8.88. The van der Waals surface area contributed by atoms with Gasteiger partial charge >= 0.3 is 0 Å². The van der Waals surface area contributed by atoms with Crippen LogP contribution in [0, 0.1) is 13.8 Å². The minimum Gasteiger partial charge on any atom is -0.318 e. The summed E-state index contributed by atoms with van der Waals surface area (Å²) in [6, 6.07) is 17.1. The lowest BCUT2D eigenvalue weighted by Crippen LogP contribution is -2.25. The smallest absolute Gasteiger partial charge is 0.261 e. The third-order valence-corrected chi connectivity index (χ3v) is 5.34. The molecule has 0 saturated heterocycles. The second kappa shape index (κ2) is 7.20. The Kier molecular flexibility index (Phi) is 4.73. The van der Waals surface area contributed by atoms with Gasteiger partial charge in [-0.15, -0.1) is 0 Å². The van der Waals surface area contributed by atoms with E-state index < -0.39 is 0 Å². The molecule has 0 radical (unpaired) electrons. The monoisotopic (exact) mass is 435 g/mol. The number of carbonyl (C=O) groups is 1. The summed E-state index contributed by atoms with van der Waals surface area (Å²) in [7, 11) is 0. The molecule has 0 aliphatic heterocycles. The molecule has 0 atom stereocenters. The number of nitrogens with zero attached hydrogens (tertiary/aromatic N) is 3. The molecule has 5 nitrogen and oxygen atoms in total. The summed E-state index contributed by atoms with van der Waals surface area (Å²) >= 11 is 3.38. The topological polar surface area (TPSA) is 56.9 Å². The predicted molar refractivity (Wildman–Crippen MR) is 113 cm³/mol. The van der Waals surface area contributed by atoms with Crippen LogP contribution < -0.4 is 5.56 Å². The maximum atomic E-state index is 13.0. The molecule has 0 aliphatic rings. The van der Waals surface area contributed by atoms with Gasteiger partial charge in [0.05, 0.1) is 23.8 Å². The Hall–Kier alpha value is -2.99. The number of carbonyl (C=O) groups excluding carboxylic acids is 1. The summed E-state index contributed by atoms with van der Waals surface area (Å²) in [6.45, 7) is 3.84. The van der Waals surface area contributed by atoms with E-state index in [1.165, 1.54) is 10.9 Å². The first-order chi connectivity index (χ1) is 13.5. The molecule has 0 bridgehead atoms. The minimum absolute atomic E-state index is 0.0482. The molecule has 2 aromatic heterocycles. The van der Waals surface area contributed by atoms with Crippen LogP contribution in [0.1, 0.15) is 21.7 Å². The fourth-order valence-corrected chi connectivity index (χ4v) is 3.86. The van der Waals surface area contributed by atoms with Gasteiger partial charge in [-0.2, -0.15) is 0 Å². The number of para-hydroxylation sites is 1. The first kappa shape index (κ1) is 18.4. The van der Waals surface area contributed by atoms with Crippen molar-refractivity contribution in [3.63, 3.8) is 0 Å². The third-order valence-electron chi connectivity index (χ3n) is 4.85. The van der Waals surface area contributed by atoms with Crippen molar-refractivity contribution in [2.24, 2.45) is 0 Å². The second-order valence-electron chi connectivity index (χ2n) is 6.72. The largest absolute Gasteiger partial charge is 0.318 e. The molecule has 2 heterocycles. The SMILES string of the molecule is Cc1cc(C(=O)Cn2cnc3ccc(Br)cc3c2=O)c(C)n1-c1ccccc1. The Labute approximate surface area is 170 Å². The average Bonchev–Trinajstić information content (AvgIpc) is 2.99. The van der Waals surface area contributed by atoms with Crippen LogP contribution in [0.3, 0.4) is 0 Å². The summed E-state index contributed by atoms with van der Waals surface area (Å²) in [6.07, 6.45) is 1.44. The highest BCUT2D eigenvalue weighted by atomic mass is 79.9. The second-order valence-corrected chi connectivity index (χ2v) is 7.63. The molecule has 28 heavy (non-hydrogen) atoms. The van der Waals surface area contributed by atoms with Gasteiger partial charge in [-0.1, -0.05) is 34.1 Å². The van der Waals surface area contributed by atoms with Crippen LogP contribution >= 0.6 is 15.9 Å². The average molecular weight is 436 g/mol. The Balaban J connectivity index is 1.71. The van der Waals surface area contributed by atoms with Crippen LogP contribution in [0.25, 0.3) is 16.6 Å². The van der Waals surface area contributed by atoms with Crippen molar-refractivity contribution in [1.82, 2.24) is 14.1 Å². The van der Waals surface area contributed by atoms with Crippen molar-refractivity contribution in [2.75, 3.05) is 0 Å². The molecule has 140 valence electrons. The zero-order valence-corrected chi connectivity index (χ0v) is 17.1. The molecule has 4 rings (SSSR count). The molecule has 4 aromatic rings. The van der Waals surface area contributed by atoms with Crippen LogP contribution in [0.4, 0.5) is 0 Å². The number of benzene rings is 2. The highest BCUT2D eigenvalue weighted by Crippen LogP contribution is 2.21. The first-order valence-corrected chi connectivity index (χ1v) is 9.67. The van der Waals surface area contributed by atoms with E-state index in [4.69, 9.17) is 0 Å². The molecule has 0 unspecified atom stereocenters. The zero-order chi connectivity index (χ0) is 19.8. The van der Waals surface area contributed by atoms with E-state index in [1.807, 2.05) is 60.9 Å². The van der Waals surface area contributed by atoms with Crippen LogP contribution in [0.2, 0.25) is 0 Å². The molecule has 0 spiro atoms. The Morgan fingerprint density at radius 2 is 1.82 bits per heavy atom. The number of hydrogen-bond donors (Lipinski definition) is 0. The zero-order valence-electron chi connectivity index (χ0n) is 15.5. The number of rotatable bonds is 4. The number of aromatic nitrogens is 3. The lowest BCUT2D eigenvalue weighted by atomic mass is 10.1. The van der Waals surface area contributed by atoms with Gasteiger partial charge in [0, 0.05) is 27.1 Å². The van der Waals surface area contributed by atoms with Gasteiger partial charge in [0.2, 0.25) is 0 Å². The highest BCUT2D eigenvalue weighted by molar-refractivity contribution is 9.10. The molecule has 0 N–H and O–H groups in total. The predicted octanol–water partition coefficient (Wildman–Crippen LogP) is 4.45. The number of Topliss-reactive ketones (excluding diaryl/α,β-unsaturated/α-hetero) is 1. The molecule has 0 fully saturated rings. The molecule has 0 amide bonds. The van der Waals surface area contributed by atoms with Crippen LogP contribution in [-0.2, 0) is 6.54 Å². The number of aryl methyl sites for hydroxylation is 1. The number of ketones is 1. The van der Waals surface area contributed by atoms with Crippen molar-refractivity contribution < 1.29 is 4.79 Å². The van der Waals surface area contributed by atoms with Crippen molar-refractivity contribution in [3.8, 4) is 5.69 Å². The van der Waals surface area contributed by atoms with E-state index in [0.717, 1.165) is 21.5 Å². The maximum Gasteiger partial charge on any atom is 0.261 e. The molecule has 2 aromatic carbocycles. The molecular formula is C22H18BrN3O2. The van der Waals surface area contributed by atoms with E-state index in [2.05, 4.69) is 20.9 Å². The van der Waals surface area contributed by atoms with Crippen molar-refractivity contribution in [2.45, 2.75) is 20.4 Å². The standard InChI is InChI=1S/C22H18BrN3O2/c1-14-10-18(15(2)26(14)17-6-4-3-5-7-17)21(27)12-25-13-24-20-9-8-16(23)11-19(20)22(25)28/h3-11,13H,12H2,1-2H3. The fraction of sp³-hybridized carbons (Fsp3) is 0.136. The van der Waals surface area contributed by atoms with Crippen LogP contribution in [-0.4, -0.2) is 19.9 Å². The fourth-order valence-electron chi connectivity index (χ4n) is 3.50. The summed E-state index contributed by atoms with van der Waals surface area (Å²) < 4.78 is 4.21. The van der Waals surface area contributed by atoms with Gasteiger partial charge in [-0.05, 0) is 50.2 Å². The summed E-state index contributed by atoms with van der Waals surface area (Å²) in [4.78, 5) is 30.1. The number of halogens is 1.